The van der Waals surface area contributed by atoms with Crippen LogP contribution in [0.25, 0.3) is 20.5 Å². The first-order chi connectivity index (χ1) is 12.6. The van der Waals surface area contributed by atoms with E-state index in [4.69, 9.17) is 4.74 Å². The maximum Gasteiger partial charge on any atom is 0.341 e. The van der Waals surface area contributed by atoms with Gasteiger partial charge in [-0.3, -0.25) is 9.59 Å². The van der Waals surface area contributed by atoms with Gasteiger partial charge in [0.25, 0.3) is 5.56 Å². The molecule has 2 heterocycles. The SMILES string of the molecule is CC(C)(C)OC(=O)Cn1cc(-c2cc3ccccc3s2)cc(C(=O)O)c1=O. The Morgan fingerprint density at radius 1 is 1.19 bits per heavy atom. The minimum atomic E-state index is -1.33. The van der Waals surface area contributed by atoms with E-state index < -0.39 is 23.1 Å². The van der Waals surface area contributed by atoms with Gasteiger partial charge in [-0.1, -0.05) is 18.2 Å². The molecule has 1 N–H and O–H groups in total. The average molecular weight is 385 g/mol. The summed E-state index contributed by atoms with van der Waals surface area (Å²) in [4.78, 5) is 36.9. The summed E-state index contributed by atoms with van der Waals surface area (Å²) in [6.07, 6.45) is 1.50. The molecule has 0 bridgehead atoms. The third kappa shape index (κ3) is 4.25. The fourth-order valence-corrected chi connectivity index (χ4v) is 3.72. The second-order valence-electron chi connectivity index (χ2n) is 7.12. The Hall–Kier alpha value is -2.93. The number of nitrogens with zero attached hydrogens (tertiary/aromatic N) is 1. The minimum Gasteiger partial charge on any atom is -0.477 e. The number of rotatable bonds is 4. The highest BCUT2D eigenvalue weighted by molar-refractivity contribution is 7.22. The summed E-state index contributed by atoms with van der Waals surface area (Å²) in [6, 6.07) is 11.1. The van der Waals surface area contributed by atoms with E-state index in [-0.39, 0.29) is 12.1 Å². The molecule has 0 saturated heterocycles. The third-order valence-electron chi connectivity index (χ3n) is 3.75. The normalized spacial score (nSPS) is 11.5. The van der Waals surface area contributed by atoms with Crippen molar-refractivity contribution in [1.82, 2.24) is 4.57 Å². The summed E-state index contributed by atoms with van der Waals surface area (Å²) in [6.45, 7) is 4.83. The van der Waals surface area contributed by atoms with Crippen molar-refractivity contribution in [2.75, 3.05) is 0 Å². The van der Waals surface area contributed by atoms with E-state index in [0.29, 0.717) is 5.56 Å². The van der Waals surface area contributed by atoms with Crippen molar-refractivity contribution in [1.29, 1.82) is 0 Å². The van der Waals surface area contributed by atoms with Crippen LogP contribution >= 0.6 is 11.3 Å². The van der Waals surface area contributed by atoms with Crippen LogP contribution in [0, 0.1) is 0 Å². The first-order valence-corrected chi connectivity index (χ1v) is 9.14. The van der Waals surface area contributed by atoms with Gasteiger partial charge >= 0.3 is 11.9 Å². The van der Waals surface area contributed by atoms with Crippen molar-refractivity contribution in [2.45, 2.75) is 32.9 Å². The molecule has 3 rings (SSSR count). The fourth-order valence-electron chi connectivity index (χ4n) is 2.68. The number of benzene rings is 1. The quantitative estimate of drug-likeness (QED) is 0.691. The number of pyridine rings is 1. The summed E-state index contributed by atoms with van der Waals surface area (Å²) in [5, 5.41) is 10.4. The fraction of sp³-hybridized carbons (Fsp3) is 0.250. The van der Waals surface area contributed by atoms with E-state index in [1.54, 1.807) is 20.8 Å². The van der Waals surface area contributed by atoms with E-state index in [1.807, 2.05) is 30.3 Å². The van der Waals surface area contributed by atoms with Crippen molar-refractivity contribution >= 4 is 33.4 Å². The predicted molar refractivity (Wildman–Crippen MR) is 104 cm³/mol. The average Bonchev–Trinajstić information content (AvgIpc) is 2.98. The van der Waals surface area contributed by atoms with Crippen LogP contribution in [-0.4, -0.2) is 27.2 Å². The van der Waals surface area contributed by atoms with E-state index in [1.165, 1.54) is 23.6 Å². The molecule has 1 aromatic carbocycles. The van der Waals surface area contributed by atoms with E-state index >= 15 is 0 Å². The molecule has 0 aliphatic heterocycles. The maximum atomic E-state index is 12.4. The lowest BCUT2D eigenvalue weighted by Gasteiger charge is -2.20. The Morgan fingerprint density at radius 2 is 1.89 bits per heavy atom. The van der Waals surface area contributed by atoms with Crippen LogP contribution in [0.3, 0.4) is 0 Å². The third-order valence-corrected chi connectivity index (χ3v) is 4.91. The lowest BCUT2D eigenvalue weighted by molar-refractivity contribution is -0.155. The van der Waals surface area contributed by atoms with Crippen molar-refractivity contribution < 1.29 is 19.4 Å². The summed E-state index contributed by atoms with van der Waals surface area (Å²) < 4.78 is 7.39. The van der Waals surface area contributed by atoms with Crippen LogP contribution in [0.2, 0.25) is 0 Å². The highest BCUT2D eigenvalue weighted by Crippen LogP contribution is 2.33. The number of carboxylic acid groups (broad SMARTS) is 1. The Kier molecular flexibility index (Phi) is 4.89. The minimum absolute atomic E-state index is 0.352. The van der Waals surface area contributed by atoms with Gasteiger partial charge in [0.15, 0.2) is 0 Å². The van der Waals surface area contributed by atoms with Gasteiger partial charge in [-0.15, -0.1) is 11.3 Å². The lowest BCUT2D eigenvalue weighted by atomic mass is 10.1. The zero-order valence-electron chi connectivity index (χ0n) is 15.2. The van der Waals surface area contributed by atoms with Gasteiger partial charge in [0.1, 0.15) is 17.7 Å². The molecule has 0 atom stereocenters. The first kappa shape index (κ1) is 18.8. The summed E-state index contributed by atoms with van der Waals surface area (Å²) >= 11 is 1.49. The number of carbonyl (C=O) groups excluding carboxylic acids is 1. The van der Waals surface area contributed by atoms with Gasteiger partial charge in [-0.05, 0) is 44.4 Å². The highest BCUT2D eigenvalue weighted by atomic mass is 32.1. The topological polar surface area (TPSA) is 85.6 Å². The molecule has 0 spiro atoms. The Labute approximate surface area is 159 Å². The molecule has 0 unspecified atom stereocenters. The number of carbonyl (C=O) groups is 2. The zero-order valence-corrected chi connectivity index (χ0v) is 16.0. The lowest BCUT2D eigenvalue weighted by Crippen LogP contribution is -2.32. The molecule has 27 heavy (non-hydrogen) atoms. The number of ether oxygens (including phenoxy) is 1. The molecule has 3 aromatic rings. The predicted octanol–water partition coefficient (Wildman–Crippen LogP) is 3.77. The molecular weight excluding hydrogens is 366 g/mol. The van der Waals surface area contributed by atoms with E-state index in [9.17, 15) is 19.5 Å². The van der Waals surface area contributed by atoms with E-state index in [0.717, 1.165) is 19.5 Å². The van der Waals surface area contributed by atoms with Crippen LogP contribution in [0.5, 0.6) is 0 Å². The summed E-state index contributed by atoms with van der Waals surface area (Å²) in [5.74, 6) is -1.93. The van der Waals surface area contributed by atoms with Gasteiger partial charge < -0.3 is 14.4 Å². The van der Waals surface area contributed by atoms with Crippen LogP contribution in [0.4, 0.5) is 0 Å². The molecule has 0 aliphatic rings. The number of hydrogen-bond donors (Lipinski definition) is 1. The number of carboxylic acids is 1. The van der Waals surface area contributed by atoms with Gasteiger partial charge in [-0.25, -0.2) is 4.79 Å². The van der Waals surface area contributed by atoms with Crippen molar-refractivity contribution in [3.05, 3.63) is 58.5 Å². The molecule has 0 radical (unpaired) electrons. The highest BCUT2D eigenvalue weighted by Gasteiger charge is 2.20. The largest absolute Gasteiger partial charge is 0.477 e. The zero-order chi connectivity index (χ0) is 19.8. The van der Waals surface area contributed by atoms with Crippen LogP contribution in [0.1, 0.15) is 31.1 Å². The molecule has 0 amide bonds. The van der Waals surface area contributed by atoms with Gasteiger partial charge in [0.2, 0.25) is 0 Å². The number of fused-ring (bicyclic) bond motifs is 1. The number of esters is 1. The van der Waals surface area contributed by atoms with Crippen LogP contribution in [0.15, 0.2) is 47.4 Å². The van der Waals surface area contributed by atoms with Gasteiger partial charge in [0.05, 0.1) is 0 Å². The van der Waals surface area contributed by atoms with Crippen LogP contribution in [-0.2, 0) is 16.1 Å². The van der Waals surface area contributed by atoms with Gasteiger partial charge in [-0.2, -0.15) is 0 Å². The molecular formula is C20H19NO5S. The van der Waals surface area contributed by atoms with Crippen molar-refractivity contribution in [2.24, 2.45) is 0 Å². The Balaban J connectivity index is 2.07. The standard InChI is InChI=1S/C20H19NO5S/c1-20(2,3)26-17(22)11-21-10-13(8-14(18(21)23)19(24)25)16-9-12-6-4-5-7-15(12)27-16/h4-10H,11H2,1-3H3,(H,24,25). The van der Waals surface area contributed by atoms with Crippen molar-refractivity contribution in [3.63, 3.8) is 0 Å². The Morgan fingerprint density at radius 3 is 2.52 bits per heavy atom. The van der Waals surface area contributed by atoms with Crippen LogP contribution < -0.4 is 5.56 Å². The Bertz CT molecular complexity index is 1050. The first-order valence-electron chi connectivity index (χ1n) is 8.32. The molecule has 6 nitrogen and oxygen atoms in total. The smallest absolute Gasteiger partial charge is 0.341 e. The molecule has 140 valence electrons. The number of hydrogen-bond acceptors (Lipinski definition) is 5. The molecule has 0 fully saturated rings. The van der Waals surface area contributed by atoms with Crippen molar-refractivity contribution in [3.8, 4) is 10.4 Å². The molecule has 0 saturated carbocycles. The van der Waals surface area contributed by atoms with Gasteiger partial charge in [0, 0.05) is 21.3 Å². The molecule has 2 aromatic heterocycles. The number of aromatic nitrogens is 1. The number of aromatic carboxylic acids is 1. The number of thiophene rings is 1. The summed E-state index contributed by atoms with van der Waals surface area (Å²) in [5.41, 5.74) is -1.25. The van der Waals surface area contributed by atoms with E-state index in [2.05, 4.69) is 0 Å². The summed E-state index contributed by atoms with van der Waals surface area (Å²) in [7, 11) is 0. The molecule has 7 heteroatoms. The maximum absolute atomic E-state index is 12.4. The molecule has 0 aliphatic carbocycles. The second kappa shape index (κ2) is 7.00. The second-order valence-corrected chi connectivity index (χ2v) is 8.20. The monoisotopic (exact) mass is 385 g/mol.